The highest BCUT2D eigenvalue weighted by Gasteiger charge is 2.27. The average molecular weight is 290 g/mol. The van der Waals surface area contributed by atoms with Crippen LogP contribution >= 0.6 is 0 Å². The Morgan fingerprint density at radius 1 is 1.33 bits per heavy atom. The predicted octanol–water partition coefficient (Wildman–Crippen LogP) is 3.30. The molecule has 1 aromatic carbocycles. The second kappa shape index (κ2) is 8.40. The number of hydrogen-bond donors (Lipinski definition) is 1. The molecule has 0 atom stereocenters. The first-order chi connectivity index (χ1) is 10.2. The van der Waals surface area contributed by atoms with Gasteiger partial charge in [0.2, 0.25) is 0 Å². The summed E-state index contributed by atoms with van der Waals surface area (Å²) >= 11 is 0. The molecule has 0 spiro atoms. The number of likely N-dealkylation sites (N-methyl/N-ethyl adjacent to an activating group) is 1. The smallest absolute Gasteiger partial charge is 0.119 e. The van der Waals surface area contributed by atoms with E-state index in [0.717, 1.165) is 44.6 Å². The summed E-state index contributed by atoms with van der Waals surface area (Å²) in [5.74, 6) is 1.68. The third-order valence-corrected chi connectivity index (χ3v) is 3.90. The third-order valence-electron chi connectivity index (χ3n) is 3.90. The molecule has 2 rings (SSSR count). The Bertz CT molecular complexity index is 415. The molecule has 1 fully saturated rings. The van der Waals surface area contributed by atoms with Gasteiger partial charge in [-0.3, -0.25) is 4.90 Å². The molecule has 0 unspecified atom stereocenters. The van der Waals surface area contributed by atoms with Gasteiger partial charge in [0.15, 0.2) is 0 Å². The first-order valence-corrected chi connectivity index (χ1v) is 8.35. The highest BCUT2D eigenvalue weighted by molar-refractivity contribution is 5.28. The average Bonchev–Trinajstić information content (AvgIpc) is 3.28. The minimum absolute atomic E-state index is 0.687. The molecule has 1 aliphatic carbocycles. The zero-order chi connectivity index (χ0) is 15.1. The lowest BCUT2D eigenvalue weighted by atomic mass is 10.2. The van der Waals surface area contributed by atoms with Crippen molar-refractivity contribution in [3.63, 3.8) is 0 Å². The van der Waals surface area contributed by atoms with Gasteiger partial charge in [-0.2, -0.15) is 0 Å². The monoisotopic (exact) mass is 290 g/mol. The summed E-state index contributed by atoms with van der Waals surface area (Å²) in [5, 5.41) is 3.47. The molecule has 1 saturated carbocycles. The fraction of sp³-hybridized carbons (Fsp3) is 0.667. The summed E-state index contributed by atoms with van der Waals surface area (Å²) in [4.78, 5) is 2.52. The van der Waals surface area contributed by atoms with Crippen molar-refractivity contribution < 1.29 is 4.74 Å². The Hall–Kier alpha value is -1.06. The van der Waals surface area contributed by atoms with E-state index in [-0.39, 0.29) is 0 Å². The topological polar surface area (TPSA) is 24.5 Å². The highest BCUT2D eigenvalue weighted by atomic mass is 16.5. The summed E-state index contributed by atoms with van der Waals surface area (Å²) in [6.45, 7) is 11.6. The molecular weight excluding hydrogens is 260 g/mol. The number of hydrogen-bond acceptors (Lipinski definition) is 3. The van der Waals surface area contributed by atoms with Gasteiger partial charge in [-0.15, -0.1) is 0 Å². The molecule has 3 nitrogen and oxygen atoms in total. The molecule has 0 aromatic heterocycles. The zero-order valence-electron chi connectivity index (χ0n) is 13.8. The van der Waals surface area contributed by atoms with E-state index in [2.05, 4.69) is 55.3 Å². The molecule has 118 valence electrons. The van der Waals surface area contributed by atoms with Crippen LogP contribution in [0.15, 0.2) is 24.3 Å². The molecule has 0 bridgehead atoms. The van der Waals surface area contributed by atoms with Crippen LogP contribution in [0.1, 0.15) is 39.2 Å². The van der Waals surface area contributed by atoms with Crippen LogP contribution in [0.25, 0.3) is 0 Å². The minimum atomic E-state index is 0.687. The molecule has 3 heteroatoms. The van der Waals surface area contributed by atoms with Crippen LogP contribution in [0.5, 0.6) is 5.75 Å². The molecule has 1 aliphatic rings. The molecular formula is C18H30N2O. The quantitative estimate of drug-likeness (QED) is 0.715. The maximum Gasteiger partial charge on any atom is 0.119 e. The lowest BCUT2D eigenvalue weighted by Crippen LogP contribution is -2.30. The van der Waals surface area contributed by atoms with Gasteiger partial charge in [0.25, 0.3) is 0 Å². The van der Waals surface area contributed by atoms with Gasteiger partial charge in [0.05, 0.1) is 0 Å². The molecule has 0 aliphatic heterocycles. The van der Waals surface area contributed by atoms with E-state index in [4.69, 9.17) is 4.74 Å². The molecule has 0 saturated heterocycles. The summed E-state index contributed by atoms with van der Waals surface area (Å²) in [5.41, 5.74) is 1.29. The lowest BCUT2D eigenvalue weighted by molar-refractivity contribution is 0.209. The van der Waals surface area contributed by atoms with Crippen molar-refractivity contribution in [2.45, 2.75) is 46.2 Å². The van der Waals surface area contributed by atoms with Gasteiger partial charge >= 0.3 is 0 Å². The SMILES string of the molecule is CCN(CCOc1cccc(CNCC(C)C)c1)C1CC1. The number of benzene rings is 1. The molecule has 1 aromatic rings. The fourth-order valence-electron chi connectivity index (χ4n) is 2.57. The number of nitrogens with one attached hydrogen (secondary N) is 1. The Morgan fingerprint density at radius 3 is 2.81 bits per heavy atom. The summed E-state index contributed by atoms with van der Waals surface area (Å²) in [7, 11) is 0. The lowest BCUT2D eigenvalue weighted by Gasteiger charge is -2.19. The first kappa shape index (κ1) is 16.3. The number of nitrogens with zero attached hydrogens (tertiary/aromatic N) is 1. The van der Waals surface area contributed by atoms with Crippen molar-refractivity contribution in [3.8, 4) is 5.75 Å². The Morgan fingerprint density at radius 2 is 2.14 bits per heavy atom. The van der Waals surface area contributed by atoms with Gasteiger partial charge in [-0.25, -0.2) is 0 Å². The Kier molecular flexibility index (Phi) is 6.52. The van der Waals surface area contributed by atoms with Gasteiger partial charge in [0.1, 0.15) is 12.4 Å². The molecule has 21 heavy (non-hydrogen) atoms. The van der Waals surface area contributed by atoms with E-state index in [0.29, 0.717) is 5.92 Å². The Labute approximate surface area is 129 Å². The molecule has 1 N–H and O–H groups in total. The van der Waals surface area contributed by atoms with Gasteiger partial charge in [-0.1, -0.05) is 32.9 Å². The Balaban J connectivity index is 1.72. The molecule has 0 heterocycles. The van der Waals surface area contributed by atoms with E-state index < -0.39 is 0 Å². The van der Waals surface area contributed by atoms with Crippen molar-refractivity contribution in [1.82, 2.24) is 10.2 Å². The van der Waals surface area contributed by atoms with Crippen molar-refractivity contribution in [3.05, 3.63) is 29.8 Å². The van der Waals surface area contributed by atoms with E-state index >= 15 is 0 Å². The van der Waals surface area contributed by atoms with Crippen molar-refractivity contribution >= 4 is 0 Å². The maximum atomic E-state index is 5.91. The van der Waals surface area contributed by atoms with Crippen molar-refractivity contribution in [2.75, 3.05) is 26.2 Å². The second-order valence-corrected chi connectivity index (χ2v) is 6.38. The van der Waals surface area contributed by atoms with E-state index in [1.807, 2.05) is 0 Å². The number of rotatable bonds is 10. The van der Waals surface area contributed by atoms with Gasteiger partial charge < -0.3 is 10.1 Å². The van der Waals surface area contributed by atoms with Gasteiger partial charge in [-0.05, 0) is 49.5 Å². The van der Waals surface area contributed by atoms with E-state index in [1.54, 1.807) is 0 Å². The summed E-state index contributed by atoms with van der Waals surface area (Å²) < 4.78 is 5.91. The normalized spacial score (nSPS) is 14.9. The first-order valence-electron chi connectivity index (χ1n) is 8.35. The minimum Gasteiger partial charge on any atom is -0.492 e. The van der Waals surface area contributed by atoms with Crippen LogP contribution in [0.2, 0.25) is 0 Å². The summed E-state index contributed by atoms with van der Waals surface area (Å²) in [6.07, 6.45) is 2.73. The van der Waals surface area contributed by atoms with Crippen LogP contribution in [0, 0.1) is 5.92 Å². The fourth-order valence-corrected chi connectivity index (χ4v) is 2.57. The molecule has 0 amide bonds. The summed E-state index contributed by atoms with van der Waals surface area (Å²) in [6, 6.07) is 9.27. The maximum absolute atomic E-state index is 5.91. The second-order valence-electron chi connectivity index (χ2n) is 6.38. The van der Waals surface area contributed by atoms with Crippen molar-refractivity contribution in [1.29, 1.82) is 0 Å². The van der Waals surface area contributed by atoms with Crippen LogP contribution in [-0.2, 0) is 6.54 Å². The van der Waals surface area contributed by atoms with E-state index in [1.165, 1.54) is 18.4 Å². The van der Waals surface area contributed by atoms with Crippen LogP contribution in [0.3, 0.4) is 0 Å². The molecule has 0 radical (unpaired) electrons. The van der Waals surface area contributed by atoms with Gasteiger partial charge in [0, 0.05) is 19.1 Å². The standard InChI is InChI=1S/C18H30N2O/c1-4-20(17-8-9-17)10-11-21-18-7-5-6-16(12-18)14-19-13-15(2)3/h5-7,12,15,17,19H,4,8-11,13-14H2,1-3H3. The third kappa shape index (κ3) is 6.06. The zero-order valence-corrected chi connectivity index (χ0v) is 13.8. The van der Waals surface area contributed by atoms with E-state index in [9.17, 15) is 0 Å². The largest absolute Gasteiger partial charge is 0.492 e. The number of ether oxygens (including phenoxy) is 1. The van der Waals surface area contributed by atoms with Crippen LogP contribution in [0.4, 0.5) is 0 Å². The van der Waals surface area contributed by atoms with Crippen LogP contribution in [-0.4, -0.2) is 37.2 Å². The predicted molar refractivity (Wildman–Crippen MR) is 88.8 cm³/mol. The van der Waals surface area contributed by atoms with Crippen molar-refractivity contribution in [2.24, 2.45) is 5.92 Å². The highest BCUT2D eigenvalue weighted by Crippen LogP contribution is 2.26. The van der Waals surface area contributed by atoms with Crippen LogP contribution < -0.4 is 10.1 Å².